The molecule has 2 fully saturated rings. The van der Waals surface area contributed by atoms with Crippen LogP contribution in [0.1, 0.15) is 6.42 Å². The molecular weight excluding hydrogens is 289 g/mol. The van der Waals surface area contributed by atoms with Crippen LogP contribution in [0.4, 0.5) is 13.2 Å². The second-order valence-electron chi connectivity index (χ2n) is 5.22. The van der Waals surface area contributed by atoms with Gasteiger partial charge in [-0.2, -0.15) is 13.2 Å². The summed E-state index contributed by atoms with van der Waals surface area (Å²) in [6, 6.07) is -1.60. The Labute approximate surface area is 120 Å². The van der Waals surface area contributed by atoms with Gasteiger partial charge in [0.15, 0.2) is 6.29 Å². The van der Waals surface area contributed by atoms with Crippen molar-refractivity contribution < 1.29 is 22.7 Å². The van der Waals surface area contributed by atoms with E-state index < -0.39 is 18.5 Å². The Bertz CT molecular complexity index is 437. The van der Waals surface area contributed by atoms with Crippen molar-refractivity contribution in [3.05, 3.63) is 12.3 Å². The molecule has 3 aliphatic rings. The van der Waals surface area contributed by atoms with Crippen LogP contribution in [0.3, 0.4) is 0 Å². The molecule has 6 nitrogen and oxygen atoms in total. The average Bonchev–Trinajstić information content (AvgIpc) is 2.47. The summed E-state index contributed by atoms with van der Waals surface area (Å²) in [5, 5.41) is 6.11. The molecule has 118 valence electrons. The van der Waals surface area contributed by atoms with Gasteiger partial charge in [-0.25, -0.2) is 5.01 Å². The van der Waals surface area contributed by atoms with Gasteiger partial charge in [-0.15, -0.1) is 0 Å². The van der Waals surface area contributed by atoms with E-state index >= 15 is 0 Å². The number of hydrogen-bond donors (Lipinski definition) is 1. The van der Waals surface area contributed by atoms with E-state index in [4.69, 9.17) is 4.74 Å². The quantitative estimate of drug-likeness (QED) is 0.744. The molecule has 0 aromatic carbocycles. The minimum absolute atomic E-state index is 0.0891. The number of nitrogens with zero attached hydrogens (tertiary/aromatic N) is 3. The summed E-state index contributed by atoms with van der Waals surface area (Å²) in [5.41, 5.74) is 0. The first-order chi connectivity index (χ1) is 9.97. The number of ether oxygens (including phenoxy) is 1. The fourth-order valence-electron chi connectivity index (χ4n) is 2.80. The maximum Gasteiger partial charge on any atom is 0.404 e. The Morgan fingerprint density at radius 1 is 1.24 bits per heavy atom. The minimum atomic E-state index is -4.31. The Morgan fingerprint density at radius 2 is 1.95 bits per heavy atom. The van der Waals surface area contributed by atoms with Crippen LogP contribution in [0.25, 0.3) is 0 Å². The van der Waals surface area contributed by atoms with Gasteiger partial charge in [-0.3, -0.25) is 15.1 Å². The van der Waals surface area contributed by atoms with Crippen molar-refractivity contribution in [2.45, 2.75) is 24.9 Å². The summed E-state index contributed by atoms with van der Waals surface area (Å²) in [7, 11) is 0. The minimum Gasteiger partial charge on any atom is -0.379 e. The highest BCUT2D eigenvalue weighted by Gasteiger charge is 2.47. The van der Waals surface area contributed by atoms with Crippen molar-refractivity contribution in [3.63, 3.8) is 0 Å². The molecule has 0 bridgehead atoms. The van der Waals surface area contributed by atoms with E-state index in [0.29, 0.717) is 26.3 Å². The third kappa shape index (κ3) is 2.85. The first kappa shape index (κ1) is 14.6. The van der Waals surface area contributed by atoms with E-state index in [2.05, 4.69) is 5.32 Å². The third-order valence-corrected chi connectivity index (χ3v) is 3.92. The maximum atomic E-state index is 12.9. The van der Waals surface area contributed by atoms with Crippen LogP contribution in [0.2, 0.25) is 0 Å². The van der Waals surface area contributed by atoms with Crippen LogP contribution in [0.5, 0.6) is 0 Å². The summed E-state index contributed by atoms with van der Waals surface area (Å²) in [4.78, 5) is 13.3. The largest absolute Gasteiger partial charge is 0.404 e. The summed E-state index contributed by atoms with van der Waals surface area (Å²) < 4.78 is 44.0. The smallest absolute Gasteiger partial charge is 0.379 e. The second kappa shape index (κ2) is 5.47. The highest BCUT2D eigenvalue weighted by molar-refractivity contribution is 5.88. The van der Waals surface area contributed by atoms with Gasteiger partial charge in [0.25, 0.3) is 5.91 Å². The summed E-state index contributed by atoms with van der Waals surface area (Å²) in [6.07, 6.45) is -2.30. The Morgan fingerprint density at radius 3 is 2.62 bits per heavy atom. The highest BCUT2D eigenvalue weighted by atomic mass is 19.4. The van der Waals surface area contributed by atoms with Gasteiger partial charge < -0.3 is 9.64 Å². The summed E-state index contributed by atoms with van der Waals surface area (Å²) >= 11 is 0. The third-order valence-electron chi connectivity index (χ3n) is 3.92. The first-order valence-electron chi connectivity index (χ1n) is 6.89. The standard InChI is InChI=1S/C12H17F3N4O2/c13-12(14,15)9-1-3-18-10(20)2-4-19(11(18)16-9)17-5-7-21-8-6-17/h2,4,9,11,16H,1,3,5-8H2. The number of carbonyl (C=O) groups is 1. The molecule has 3 rings (SSSR count). The number of amides is 1. The fourth-order valence-corrected chi connectivity index (χ4v) is 2.80. The van der Waals surface area contributed by atoms with Crippen LogP contribution in [-0.4, -0.2) is 72.2 Å². The zero-order chi connectivity index (χ0) is 15.0. The molecule has 21 heavy (non-hydrogen) atoms. The second-order valence-corrected chi connectivity index (χ2v) is 5.22. The molecule has 0 radical (unpaired) electrons. The SMILES string of the molecule is O=C1C=CN(N2CCOCC2)C2NC(C(F)(F)F)CCN12. The number of hydrazine groups is 1. The molecule has 0 spiro atoms. The van der Waals surface area contributed by atoms with Gasteiger partial charge in [0.2, 0.25) is 0 Å². The number of rotatable bonds is 1. The number of morpholine rings is 1. The van der Waals surface area contributed by atoms with E-state index in [1.54, 1.807) is 11.2 Å². The molecule has 3 aliphatic heterocycles. The number of hydrogen-bond acceptors (Lipinski definition) is 5. The molecule has 1 N–H and O–H groups in total. The molecular formula is C12H17F3N4O2. The van der Waals surface area contributed by atoms with Crippen LogP contribution >= 0.6 is 0 Å². The van der Waals surface area contributed by atoms with Gasteiger partial charge in [0.1, 0.15) is 6.04 Å². The van der Waals surface area contributed by atoms with Gasteiger partial charge in [0.05, 0.1) is 13.2 Å². The van der Waals surface area contributed by atoms with Crippen LogP contribution in [0.15, 0.2) is 12.3 Å². The molecule has 0 saturated carbocycles. The summed E-state index contributed by atoms with van der Waals surface area (Å²) in [6.45, 7) is 2.30. The monoisotopic (exact) mass is 306 g/mol. The van der Waals surface area contributed by atoms with Gasteiger partial charge in [-0.05, 0) is 6.42 Å². The van der Waals surface area contributed by atoms with E-state index in [0.717, 1.165) is 0 Å². The lowest BCUT2D eigenvalue weighted by molar-refractivity contribution is -0.202. The van der Waals surface area contributed by atoms with Crippen molar-refractivity contribution >= 4 is 5.91 Å². The van der Waals surface area contributed by atoms with Crippen LogP contribution < -0.4 is 5.32 Å². The van der Waals surface area contributed by atoms with Crippen molar-refractivity contribution in [2.75, 3.05) is 32.8 Å². The molecule has 9 heteroatoms. The van der Waals surface area contributed by atoms with Crippen LogP contribution in [-0.2, 0) is 9.53 Å². The molecule has 2 saturated heterocycles. The normalized spacial score (nSPS) is 31.5. The van der Waals surface area contributed by atoms with E-state index in [1.807, 2.05) is 5.01 Å². The highest BCUT2D eigenvalue weighted by Crippen LogP contribution is 2.29. The lowest BCUT2D eigenvalue weighted by Crippen LogP contribution is -2.70. The van der Waals surface area contributed by atoms with Crippen molar-refractivity contribution in [1.29, 1.82) is 0 Å². The number of fused-ring (bicyclic) bond motifs is 1. The molecule has 3 heterocycles. The lowest BCUT2D eigenvalue weighted by Gasteiger charge is -2.51. The molecule has 2 unspecified atom stereocenters. The van der Waals surface area contributed by atoms with Crippen molar-refractivity contribution in [1.82, 2.24) is 20.2 Å². The summed E-state index contributed by atoms with van der Waals surface area (Å²) in [5.74, 6) is -0.266. The van der Waals surface area contributed by atoms with E-state index in [9.17, 15) is 18.0 Å². The molecule has 2 atom stereocenters. The first-order valence-corrected chi connectivity index (χ1v) is 6.89. The zero-order valence-corrected chi connectivity index (χ0v) is 11.3. The zero-order valence-electron chi connectivity index (χ0n) is 11.3. The number of halogens is 3. The van der Waals surface area contributed by atoms with Crippen molar-refractivity contribution in [3.8, 4) is 0 Å². The predicted octanol–water partition coefficient (Wildman–Crippen LogP) is 0.0993. The lowest BCUT2D eigenvalue weighted by atomic mass is 10.1. The van der Waals surface area contributed by atoms with E-state index in [-0.39, 0.29) is 18.9 Å². The van der Waals surface area contributed by atoms with Gasteiger partial charge >= 0.3 is 6.18 Å². The molecule has 1 amide bonds. The topological polar surface area (TPSA) is 48.1 Å². The predicted molar refractivity (Wildman–Crippen MR) is 66.5 cm³/mol. The maximum absolute atomic E-state index is 12.9. The van der Waals surface area contributed by atoms with Crippen LogP contribution in [0, 0.1) is 0 Å². The van der Waals surface area contributed by atoms with Crippen molar-refractivity contribution in [2.24, 2.45) is 0 Å². The van der Waals surface area contributed by atoms with Gasteiger partial charge in [0, 0.05) is 31.9 Å². The Kier molecular flexibility index (Phi) is 3.80. The Balaban J connectivity index is 1.80. The average molecular weight is 306 g/mol. The molecule has 0 aromatic heterocycles. The molecule has 0 aromatic rings. The van der Waals surface area contributed by atoms with Gasteiger partial charge in [-0.1, -0.05) is 0 Å². The van der Waals surface area contributed by atoms with E-state index in [1.165, 1.54) is 11.0 Å². The number of nitrogens with one attached hydrogen (secondary N) is 1. The Hall–Kier alpha value is -1.32. The number of carbonyl (C=O) groups excluding carboxylic acids is 1. The molecule has 0 aliphatic carbocycles. The fraction of sp³-hybridized carbons (Fsp3) is 0.750. The number of alkyl halides is 3.